The van der Waals surface area contributed by atoms with Crippen molar-refractivity contribution in [1.82, 2.24) is 10.2 Å². The molecule has 0 aliphatic heterocycles. The Bertz CT molecular complexity index is 329. The summed E-state index contributed by atoms with van der Waals surface area (Å²) in [6.45, 7) is 3.19. The molecule has 1 rings (SSSR count). The first-order valence-corrected chi connectivity index (χ1v) is 6.99. The maximum atomic E-state index is 3.52. The van der Waals surface area contributed by atoms with E-state index in [0.717, 1.165) is 28.6 Å². The zero-order valence-corrected chi connectivity index (χ0v) is 12.9. The minimum Gasteiger partial charge on any atom is -0.320 e. The minimum absolute atomic E-state index is 0.996. The molecule has 0 bridgehead atoms. The van der Waals surface area contributed by atoms with Gasteiger partial charge in [-0.1, -0.05) is 6.07 Å². The van der Waals surface area contributed by atoms with E-state index in [9.17, 15) is 0 Å². The zero-order valence-electron chi connectivity index (χ0n) is 9.76. The van der Waals surface area contributed by atoms with Crippen molar-refractivity contribution in [3.63, 3.8) is 0 Å². The molecular formula is C12H18Br2N2. The molecule has 0 spiro atoms. The molecule has 0 radical (unpaired) electrons. The van der Waals surface area contributed by atoms with Crippen molar-refractivity contribution in [1.29, 1.82) is 0 Å². The fraction of sp³-hybridized carbons (Fsp3) is 0.500. The van der Waals surface area contributed by atoms with E-state index in [1.165, 1.54) is 12.0 Å². The van der Waals surface area contributed by atoms with Crippen LogP contribution in [0, 0.1) is 0 Å². The maximum Gasteiger partial charge on any atom is 0.0320 e. The molecule has 0 saturated carbocycles. The van der Waals surface area contributed by atoms with Gasteiger partial charge in [-0.15, -0.1) is 0 Å². The fourth-order valence-electron chi connectivity index (χ4n) is 1.55. The highest BCUT2D eigenvalue weighted by Gasteiger charge is 2.02. The average Bonchev–Trinajstić information content (AvgIpc) is 2.24. The SMILES string of the molecule is CNCCCN(C)Cc1ccc(Br)c(Br)c1. The third-order valence-corrected chi connectivity index (χ3v) is 4.28. The van der Waals surface area contributed by atoms with E-state index < -0.39 is 0 Å². The van der Waals surface area contributed by atoms with E-state index in [1.54, 1.807) is 0 Å². The smallest absolute Gasteiger partial charge is 0.0320 e. The number of hydrogen-bond acceptors (Lipinski definition) is 2. The Balaban J connectivity index is 2.43. The molecule has 0 amide bonds. The zero-order chi connectivity index (χ0) is 12.0. The van der Waals surface area contributed by atoms with Crippen LogP contribution in [0.1, 0.15) is 12.0 Å². The Morgan fingerprint density at radius 2 is 2.00 bits per heavy atom. The van der Waals surface area contributed by atoms with Gasteiger partial charge < -0.3 is 10.2 Å². The molecule has 0 atom stereocenters. The van der Waals surface area contributed by atoms with Crippen molar-refractivity contribution in [2.45, 2.75) is 13.0 Å². The molecule has 0 aromatic heterocycles. The lowest BCUT2D eigenvalue weighted by atomic mass is 10.2. The molecule has 0 saturated heterocycles. The van der Waals surface area contributed by atoms with Crippen molar-refractivity contribution in [2.24, 2.45) is 0 Å². The molecule has 4 heteroatoms. The van der Waals surface area contributed by atoms with E-state index in [1.807, 2.05) is 7.05 Å². The lowest BCUT2D eigenvalue weighted by Gasteiger charge is -2.16. The van der Waals surface area contributed by atoms with Gasteiger partial charge in [0, 0.05) is 15.5 Å². The van der Waals surface area contributed by atoms with Crippen LogP contribution in [0.4, 0.5) is 0 Å². The van der Waals surface area contributed by atoms with E-state index >= 15 is 0 Å². The van der Waals surface area contributed by atoms with Crippen LogP contribution in [-0.4, -0.2) is 32.1 Å². The Hall–Kier alpha value is 0.1000. The van der Waals surface area contributed by atoms with Gasteiger partial charge in [-0.05, 0) is 83.2 Å². The van der Waals surface area contributed by atoms with Gasteiger partial charge in [-0.2, -0.15) is 0 Å². The molecule has 0 heterocycles. The highest BCUT2D eigenvalue weighted by atomic mass is 79.9. The summed E-state index contributed by atoms with van der Waals surface area (Å²) in [5, 5.41) is 3.16. The van der Waals surface area contributed by atoms with Gasteiger partial charge in [0.25, 0.3) is 0 Å². The number of nitrogens with zero attached hydrogens (tertiary/aromatic N) is 1. The second-order valence-electron chi connectivity index (χ2n) is 3.94. The van der Waals surface area contributed by atoms with Gasteiger partial charge in [0.05, 0.1) is 0 Å². The summed E-state index contributed by atoms with van der Waals surface area (Å²) < 4.78 is 2.22. The molecule has 16 heavy (non-hydrogen) atoms. The summed E-state index contributed by atoms with van der Waals surface area (Å²) in [6, 6.07) is 6.41. The molecule has 0 aliphatic carbocycles. The summed E-state index contributed by atoms with van der Waals surface area (Å²) in [4.78, 5) is 2.34. The lowest BCUT2D eigenvalue weighted by Crippen LogP contribution is -2.22. The van der Waals surface area contributed by atoms with Crippen LogP contribution >= 0.6 is 31.9 Å². The molecule has 2 nitrogen and oxygen atoms in total. The van der Waals surface area contributed by atoms with Gasteiger partial charge in [0.15, 0.2) is 0 Å². The largest absolute Gasteiger partial charge is 0.320 e. The molecule has 0 unspecified atom stereocenters. The Morgan fingerprint density at radius 1 is 1.25 bits per heavy atom. The van der Waals surface area contributed by atoms with Gasteiger partial charge in [-0.25, -0.2) is 0 Å². The average molecular weight is 350 g/mol. The van der Waals surface area contributed by atoms with Crippen LogP contribution in [0.5, 0.6) is 0 Å². The van der Waals surface area contributed by atoms with Gasteiger partial charge in [-0.3, -0.25) is 0 Å². The predicted octanol–water partition coefficient (Wildman–Crippen LogP) is 3.25. The first kappa shape index (κ1) is 14.2. The van der Waals surface area contributed by atoms with Gasteiger partial charge in [0.1, 0.15) is 0 Å². The third kappa shape index (κ3) is 4.95. The topological polar surface area (TPSA) is 15.3 Å². The summed E-state index contributed by atoms with van der Waals surface area (Å²) in [5.74, 6) is 0. The van der Waals surface area contributed by atoms with E-state index in [0.29, 0.717) is 0 Å². The maximum absolute atomic E-state index is 3.52. The van der Waals surface area contributed by atoms with Crippen molar-refractivity contribution >= 4 is 31.9 Å². The normalized spacial score (nSPS) is 11.1. The molecule has 1 aromatic carbocycles. The first-order chi connectivity index (χ1) is 7.63. The van der Waals surface area contributed by atoms with Crippen molar-refractivity contribution in [3.05, 3.63) is 32.7 Å². The van der Waals surface area contributed by atoms with Crippen molar-refractivity contribution in [3.8, 4) is 0 Å². The van der Waals surface area contributed by atoms with Crippen LogP contribution in [-0.2, 0) is 6.54 Å². The number of nitrogens with one attached hydrogen (secondary N) is 1. The van der Waals surface area contributed by atoms with Crippen LogP contribution in [0.3, 0.4) is 0 Å². The molecule has 0 aliphatic rings. The van der Waals surface area contributed by atoms with Crippen LogP contribution in [0.15, 0.2) is 27.1 Å². The summed E-state index contributed by atoms with van der Waals surface area (Å²) in [7, 11) is 4.15. The molecule has 90 valence electrons. The summed E-state index contributed by atoms with van der Waals surface area (Å²) in [6.07, 6.45) is 1.19. The lowest BCUT2D eigenvalue weighted by molar-refractivity contribution is 0.321. The number of halogens is 2. The number of hydrogen-bond donors (Lipinski definition) is 1. The van der Waals surface area contributed by atoms with Crippen LogP contribution in [0.2, 0.25) is 0 Å². The standard InChI is InChI=1S/C12H18Br2N2/c1-15-6-3-7-16(2)9-10-4-5-11(13)12(14)8-10/h4-5,8,15H,3,6-7,9H2,1-2H3. The predicted molar refractivity (Wildman–Crippen MR) is 76.7 cm³/mol. The number of benzene rings is 1. The fourth-order valence-corrected chi connectivity index (χ4v) is 2.23. The quantitative estimate of drug-likeness (QED) is 0.793. The number of rotatable bonds is 6. The molecule has 1 N–H and O–H groups in total. The minimum atomic E-state index is 0.996. The second-order valence-corrected chi connectivity index (χ2v) is 5.65. The van der Waals surface area contributed by atoms with Gasteiger partial charge >= 0.3 is 0 Å². The highest BCUT2D eigenvalue weighted by molar-refractivity contribution is 9.13. The van der Waals surface area contributed by atoms with Crippen molar-refractivity contribution < 1.29 is 0 Å². The summed E-state index contributed by atoms with van der Waals surface area (Å²) in [5.41, 5.74) is 1.34. The van der Waals surface area contributed by atoms with Crippen LogP contribution in [0.25, 0.3) is 0 Å². The summed E-state index contributed by atoms with van der Waals surface area (Å²) >= 11 is 7.00. The second kappa shape index (κ2) is 7.43. The van der Waals surface area contributed by atoms with Crippen molar-refractivity contribution in [2.75, 3.05) is 27.2 Å². The third-order valence-electron chi connectivity index (χ3n) is 2.40. The first-order valence-electron chi connectivity index (χ1n) is 5.40. The highest BCUT2D eigenvalue weighted by Crippen LogP contribution is 2.24. The molecular weight excluding hydrogens is 332 g/mol. The van der Waals surface area contributed by atoms with E-state index in [2.05, 4.69) is 67.3 Å². The molecule has 1 aromatic rings. The Labute approximate surface area is 115 Å². The Kier molecular flexibility index (Phi) is 6.58. The van der Waals surface area contributed by atoms with Gasteiger partial charge in [0.2, 0.25) is 0 Å². The monoisotopic (exact) mass is 348 g/mol. The van der Waals surface area contributed by atoms with E-state index in [-0.39, 0.29) is 0 Å². The Morgan fingerprint density at radius 3 is 2.62 bits per heavy atom. The molecule has 0 fully saturated rings. The van der Waals surface area contributed by atoms with Crippen LogP contribution < -0.4 is 5.32 Å². The van der Waals surface area contributed by atoms with E-state index in [4.69, 9.17) is 0 Å².